The Bertz CT molecular complexity index is 612. The molecule has 24 heavy (non-hydrogen) atoms. The van der Waals surface area contributed by atoms with E-state index in [0.29, 0.717) is 0 Å². The lowest BCUT2D eigenvalue weighted by Gasteiger charge is -2.32. The van der Waals surface area contributed by atoms with Crippen LogP contribution in [-0.2, 0) is 25.0 Å². The van der Waals surface area contributed by atoms with E-state index >= 15 is 0 Å². The van der Waals surface area contributed by atoms with Gasteiger partial charge in [-0.05, 0) is 49.4 Å². The Balaban J connectivity index is 2.38. The van der Waals surface area contributed by atoms with E-state index in [1.165, 1.54) is 7.11 Å². The van der Waals surface area contributed by atoms with Gasteiger partial charge in [-0.1, -0.05) is 26.8 Å². The molecule has 0 unspecified atom stereocenters. The molecule has 1 aromatic carbocycles. The molecular weight excluding hydrogens is 320 g/mol. The van der Waals surface area contributed by atoms with E-state index in [9.17, 15) is 4.79 Å². The first-order chi connectivity index (χ1) is 11.1. The molecule has 0 aromatic heterocycles. The van der Waals surface area contributed by atoms with Crippen LogP contribution in [0, 0.1) is 0 Å². The van der Waals surface area contributed by atoms with Crippen molar-refractivity contribution in [3.05, 3.63) is 29.3 Å². The first-order valence-corrected chi connectivity index (χ1v) is 9.75. The van der Waals surface area contributed by atoms with Gasteiger partial charge in [0, 0.05) is 5.56 Å². The van der Waals surface area contributed by atoms with E-state index in [4.69, 9.17) is 13.9 Å². The molecule has 0 bridgehead atoms. The Morgan fingerprint density at radius 3 is 2.21 bits per heavy atom. The minimum atomic E-state index is -0.720. The second-order valence-corrected chi connectivity index (χ2v) is 11.0. The summed E-state index contributed by atoms with van der Waals surface area (Å²) in [6, 6.07) is 5.99. The van der Waals surface area contributed by atoms with Crippen LogP contribution in [0.2, 0.25) is 5.04 Å². The molecule has 1 aromatic rings. The van der Waals surface area contributed by atoms with Crippen molar-refractivity contribution in [2.24, 2.45) is 0 Å². The van der Waals surface area contributed by atoms with Crippen molar-refractivity contribution in [1.29, 1.82) is 0 Å². The Labute approximate surface area is 147 Å². The molecule has 0 atom stereocenters. The van der Waals surface area contributed by atoms with E-state index in [0.717, 1.165) is 29.7 Å². The van der Waals surface area contributed by atoms with E-state index in [1.54, 1.807) is 7.11 Å². The van der Waals surface area contributed by atoms with Gasteiger partial charge in [-0.3, -0.25) is 4.79 Å². The quantitative estimate of drug-likeness (QED) is 0.582. The summed E-state index contributed by atoms with van der Waals surface area (Å²) in [6.45, 7) is 10.8. The first kappa shape index (κ1) is 19.0. The average molecular weight is 351 g/mol. The standard InChI is InChI=1S/C19H30O4Si/c1-17(2,3)24-23-18(4,5)14-12-13(8-9-15(14)21-6)19(10-11-19)16(20)22-7/h8-9,12H,10-11,24H2,1-7H3. The van der Waals surface area contributed by atoms with Crippen molar-refractivity contribution in [3.8, 4) is 5.75 Å². The molecule has 1 saturated carbocycles. The van der Waals surface area contributed by atoms with Crippen LogP contribution in [0.3, 0.4) is 0 Å². The van der Waals surface area contributed by atoms with Crippen molar-refractivity contribution < 1.29 is 18.7 Å². The van der Waals surface area contributed by atoms with Crippen LogP contribution in [0.5, 0.6) is 5.75 Å². The lowest BCUT2D eigenvalue weighted by Crippen LogP contribution is -2.29. The topological polar surface area (TPSA) is 44.8 Å². The third-order valence-electron chi connectivity index (χ3n) is 4.59. The molecule has 0 spiro atoms. The summed E-state index contributed by atoms with van der Waals surface area (Å²) in [4.78, 5) is 12.2. The molecule has 1 aliphatic carbocycles. The van der Waals surface area contributed by atoms with Crippen LogP contribution in [0.15, 0.2) is 18.2 Å². The van der Waals surface area contributed by atoms with Crippen LogP contribution < -0.4 is 4.74 Å². The van der Waals surface area contributed by atoms with Crippen molar-refractivity contribution in [2.75, 3.05) is 14.2 Å². The van der Waals surface area contributed by atoms with Gasteiger partial charge in [0.05, 0.1) is 25.2 Å². The second kappa shape index (κ2) is 6.52. The highest BCUT2D eigenvalue weighted by Crippen LogP contribution is 2.50. The van der Waals surface area contributed by atoms with Gasteiger partial charge in [0.1, 0.15) is 5.75 Å². The molecule has 0 N–H and O–H groups in total. The lowest BCUT2D eigenvalue weighted by molar-refractivity contribution is -0.143. The first-order valence-electron chi connectivity index (χ1n) is 8.47. The molecule has 1 aliphatic rings. The monoisotopic (exact) mass is 350 g/mol. The van der Waals surface area contributed by atoms with Crippen LogP contribution in [0.1, 0.15) is 58.6 Å². The molecular formula is C19H30O4Si. The van der Waals surface area contributed by atoms with Gasteiger partial charge in [-0.25, -0.2) is 0 Å². The predicted octanol–water partition coefficient (Wildman–Crippen LogP) is 3.45. The maximum atomic E-state index is 12.2. The molecule has 1 fully saturated rings. The van der Waals surface area contributed by atoms with Gasteiger partial charge in [-0.15, -0.1) is 0 Å². The zero-order valence-corrected chi connectivity index (χ0v) is 17.4. The van der Waals surface area contributed by atoms with Crippen molar-refractivity contribution in [2.45, 2.75) is 63.5 Å². The molecule has 0 saturated heterocycles. The lowest BCUT2D eigenvalue weighted by atomic mass is 9.89. The summed E-state index contributed by atoms with van der Waals surface area (Å²) in [5.41, 5.74) is 1.06. The average Bonchev–Trinajstić information content (AvgIpc) is 3.33. The summed E-state index contributed by atoms with van der Waals surface area (Å²) >= 11 is 0. The number of rotatable bonds is 6. The number of methoxy groups -OCH3 is 2. The molecule has 0 radical (unpaired) electrons. The van der Waals surface area contributed by atoms with Crippen LogP contribution >= 0.6 is 0 Å². The summed E-state index contributed by atoms with van der Waals surface area (Å²) < 4.78 is 16.9. The number of hydrogen-bond acceptors (Lipinski definition) is 4. The van der Waals surface area contributed by atoms with Crippen LogP contribution in [0.25, 0.3) is 0 Å². The van der Waals surface area contributed by atoms with Crippen molar-refractivity contribution in [1.82, 2.24) is 0 Å². The fourth-order valence-electron chi connectivity index (χ4n) is 2.88. The Morgan fingerprint density at radius 2 is 1.75 bits per heavy atom. The predicted molar refractivity (Wildman–Crippen MR) is 98.3 cm³/mol. The van der Waals surface area contributed by atoms with E-state index < -0.39 is 20.8 Å². The third-order valence-corrected chi connectivity index (χ3v) is 6.32. The summed E-state index contributed by atoms with van der Waals surface area (Å²) in [5, 5.41) is 0.214. The largest absolute Gasteiger partial charge is 0.496 e. The van der Waals surface area contributed by atoms with Gasteiger partial charge in [0.25, 0.3) is 0 Å². The molecule has 0 amide bonds. The second-order valence-electron chi connectivity index (χ2n) is 8.35. The fourth-order valence-corrected chi connectivity index (χ4v) is 3.83. The highest BCUT2D eigenvalue weighted by molar-refractivity contribution is 6.31. The summed E-state index contributed by atoms with van der Waals surface area (Å²) in [7, 11) is 2.40. The number of carbonyl (C=O) groups excluding carboxylic acids is 1. The van der Waals surface area contributed by atoms with E-state index in [2.05, 4.69) is 40.7 Å². The van der Waals surface area contributed by atoms with Crippen LogP contribution in [-0.4, -0.2) is 30.0 Å². The summed E-state index contributed by atoms with van der Waals surface area (Å²) in [5.74, 6) is 0.647. The molecule has 0 aliphatic heterocycles. The minimum Gasteiger partial charge on any atom is -0.496 e. The zero-order valence-electron chi connectivity index (χ0n) is 16.0. The van der Waals surface area contributed by atoms with E-state index in [-0.39, 0.29) is 11.0 Å². The molecule has 134 valence electrons. The number of hydrogen-bond donors (Lipinski definition) is 0. The molecule has 2 rings (SSSR count). The minimum absolute atomic E-state index is 0.151. The van der Waals surface area contributed by atoms with E-state index in [1.807, 2.05) is 12.1 Å². The number of esters is 1. The SMILES string of the molecule is COC(=O)C1(c2ccc(OC)c(C(C)(C)O[SiH2]C(C)(C)C)c2)CC1. The molecule has 0 heterocycles. The normalized spacial score (nSPS) is 17.1. The number of benzene rings is 1. The maximum absolute atomic E-state index is 12.2. The highest BCUT2D eigenvalue weighted by atomic mass is 28.2. The smallest absolute Gasteiger partial charge is 0.316 e. The third kappa shape index (κ3) is 3.83. The van der Waals surface area contributed by atoms with Gasteiger partial charge in [-0.2, -0.15) is 0 Å². The zero-order chi connectivity index (χ0) is 18.2. The fraction of sp³-hybridized carbons (Fsp3) is 0.632. The van der Waals surface area contributed by atoms with Crippen molar-refractivity contribution in [3.63, 3.8) is 0 Å². The summed E-state index contributed by atoms with van der Waals surface area (Å²) in [6.07, 6.45) is 1.67. The van der Waals surface area contributed by atoms with Gasteiger partial charge in [0.15, 0.2) is 9.76 Å². The Kier molecular flexibility index (Phi) is 5.16. The van der Waals surface area contributed by atoms with Gasteiger partial charge >= 0.3 is 5.97 Å². The maximum Gasteiger partial charge on any atom is 0.316 e. The van der Waals surface area contributed by atoms with Gasteiger partial charge < -0.3 is 13.9 Å². The van der Waals surface area contributed by atoms with Crippen molar-refractivity contribution >= 4 is 15.7 Å². The Hall–Kier alpha value is -1.33. The number of carbonyl (C=O) groups is 1. The van der Waals surface area contributed by atoms with Gasteiger partial charge in [0.2, 0.25) is 0 Å². The molecule has 4 nitrogen and oxygen atoms in total. The van der Waals surface area contributed by atoms with Crippen LogP contribution in [0.4, 0.5) is 0 Å². The highest BCUT2D eigenvalue weighted by Gasteiger charge is 2.53. The molecule has 5 heteroatoms. The Morgan fingerprint density at radius 1 is 1.12 bits per heavy atom. The number of ether oxygens (including phenoxy) is 2.